The number of rotatable bonds is 5. The number of carbonyl (C=O) groups excluding carboxylic acids is 1. The summed E-state index contributed by atoms with van der Waals surface area (Å²) in [6.45, 7) is -0.209. The lowest BCUT2D eigenvalue weighted by Crippen LogP contribution is -2.40. The molecule has 2 heterocycles. The molecular formula is C22H15Cl2F5N2O2S. The number of halogens is 7. The smallest absolute Gasteiger partial charge is 0.260 e. The topological polar surface area (TPSA) is 42.4 Å². The van der Waals surface area contributed by atoms with Crippen LogP contribution in [-0.2, 0) is 4.79 Å². The molecule has 1 amide bonds. The van der Waals surface area contributed by atoms with Crippen LogP contribution in [0.2, 0.25) is 10.0 Å². The number of likely N-dealkylation sites (tertiary alicyclic amines) is 1. The average molecular weight is 537 g/mol. The van der Waals surface area contributed by atoms with Crippen molar-refractivity contribution in [1.82, 2.24) is 9.88 Å². The van der Waals surface area contributed by atoms with Gasteiger partial charge < -0.3 is 9.64 Å². The van der Waals surface area contributed by atoms with E-state index in [4.69, 9.17) is 23.2 Å². The summed E-state index contributed by atoms with van der Waals surface area (Å²) < 4.78 is 71.8. The van der Waals surface area contributed by atoms with E-state index in [0.717, 1.165) is 16.3 Å². The van der Waals surface area contributed by atoms with Crippen LogP contribution >= 0.6 is 34.5 Å². The number of aromatic nitrogens is 1. The number of hydrogen-bond acceptors (Lipinski definition) is 4. The fourth-order valence-corrected chi connectivity index (χ4v) is 4.87. The molecule has 180 valence electrons. The first-order valence-electron chi connectivity index (χ1n) is 10.00. The van der Waals surface area contributed by atoms with Crippen LogP contribution < -0.4 is 4.74 Å². The summed E-state index contributed by atoms with van der Waals surface area (Å²) in [5, 5.41) is 3.67. The van der Waals surface area contributed by atoms with Crippen LogP contribution in [0, 0.1) is 29.1 Å². The fraction of sp³-hybridized carbons (Fsp3) is 0.273. The maximum atomic E-state index is 13.7. The van der Waals surface area contributed by atoms with Crippen molar-refractivity contribution < 1.29 is 31.5 Å². The van der Waals surface area contributed by atoms with E-state index in [2.05, 4.69) is 9.72 Å². The highest BCUT2D eigenvalue weighted by Gasteiger charge is 2.29. The first-order chi connectivity index (χ1) is 16.2. The Morgan fingerprint density at radius 3 is 2.24 bits per heavy atom. The Bertz CT molecular complexity index is 1220. The predicted molar refractivity (Wildman–Crippen MR) is 118 cm³/mol. The largest absolute Gasteiger partial charge is 0.477 e. The van der Waals surface area contributed by atoms with Gasteiger partial charge in [0.25, 0.3) is 5.91 Å². The third-order valence-electron chi connectivity index (χ3n) is 5.44. The van der Waals surface area contributed by atoms with E-state index in [1.165, 1.54) is 16.2 Å². The van der Waals surface area contributed by atoms with E-state index >= 15 is 0 Å². The van der Waals surface area contributed by atoms with Gasteiger partial charge in [-0.25, -0.2) is 18.2 Å². The first-order valence-corrected chi connectivity index (χ1v) is 11.6. The monoisotopic (exact) mass is 536 g/mol. The van der Waals surface area contributed by atoms with E-state index in [9.17, 15) is 26.7 Å². The highest BCUT2D eigenvalue weighted by Crippen LogP contribution is 2.35. The quantitative estimate of drug-likeness (QED) is 0.209. The summed E-state index contributed by atoms with van der Waals surface area (Å²) in [5.74, 6) is -12.8. The van der Waals surface area contributed by atoms with Crippen LogP contribution in [0.25, 0.3) is 11.3 Å². The van der Waals surface area contributed by atoms with Gasteiger partial charge in [-0.3, -0.25) is 4.79 Å². The van der Waals surface area contributed by atoms with E-state index in [1.54, 1.807) is 12.1 Å². The zero-order valence-electron chi connectivity index (χ0n) is 17.2. The molecule has 0 saturated carbocycles. The van der Waals surface area contributed by atoms with Gasteiger partial charge in [-0.2, -0.15) is 8.78 Å². The Hall–Kier alpha value is -2.43. The standard InChI is InChI=1S/C22H15Cl2F5N2O2S/c23-12-2-1-11(7-13(12)24)14-9-34-22(30-14)10-3-5-31(6-4-10)15(32)8-33-21-19(28)17(26)16(25)18(27)20(21)29/h1-2,7,9-10H,3-6,8H2. The zero-order valence-corrected chi connectivity index (χ0v) is 19.5. The number of carbonyl (C=O) groups is 1. The highest BCUT2D eigenvalue weighted by molar-refractivity contribution is 7.10. The second-order valence-electron chi connectivity index (χ2n) is 7.54. The molecular weight excluding hydrogens is 522 g/mol. The van der Waals surface area contributed by atoms with Gasteiger partial charge in [0.2, 0.25) is 29.1 Å². The van der Waals surface area contributed by atoms with Crippen LogP contribution in [0.15, 0.2) is 23.6 Å². The molecule has 0 unspecified atom stereocenters. The minimum atomic E-state index is -2.29. The molecule has 1 aliphatic heterocycles. The number of benzene rings is 2. The van der Waals surface area contributed by atoms with Gasteiger partial charge in [0, 0.05) is 30.0 Å². The van der Waals surface area contributed by atoms with Gasteiger partial charge in [-0.05, 0) is 25.0 Å². The van der Waals surface area contributed by atoms with E-state index in [0.29, 0.717) is 36.0 Å². The lowest BCUT2D eigenvalue weighted by molar-refractivity contribution is -0.134. The molecule has 12 heteroatoms. The second-order valence-corrected chi connectivity index (χ2v) is 9.25. The molecule has 4 nitrogen and oxygen atoms in total. The molecule has 2 aromatic carbocycles. The van der Waals surface area contributed by atoms with E-state index in [1.807, 2.05) is 11.4 Å². The van der Waals surface area contributed by atoms with Crippen molar-refractivity contribution >= 4 is 40.4 Å². The Balaban J connectivity index is 1.35. The Morgan fingerprint density at radius 1 is 1.00 bits per heavy atom. The molecule has 0 atom stereocenters. The maximum absolute atomic E-state index is 13.7. The predicted octanol–water partition coefficient (Wildman–Crippen LogP) is 6.60. The van der Waals surface area contributed by atoms with Gasteiger partial charge in [0.05, 0.1) is 20.7 Å². The molecule has 3 aromatic rings. The van der Waals surface area contributed by atoms with Crippen molar-refractivity contribution in [2.24, 2.45) is 0 Å². The van der Waals surface area contributed by atoms with Gasteiger partial charge >= 0.3 is 0 Å². The fourth-order valence-electron chi connectivity index (χ4n) is 3.58. The molecule has 1 fully saturated rings. The zero-order chi connectivity index (χ0) is 24.6. The molecule has 0 bridgehead atoms. The van der Waals surface area contributed by atoms with Crippen LogP contribution in [0.3, 0.4) is 0 Å². The van der Waals surface area contributed by atoms with Crippen molar-refractivity contribution in [2.75, 3.05) is 19.7 Å². The van der Waals surface area contributed by atoms with E-state index in [-0.39, 0.29) is 5.92 Å². The second kappa shape index (κ2) is 10.1. The van der Waals surface area contributed by atoms with Crippen LogP contribution in [0.5, 0.6) is 5.75 Å². The van der Waals surface area contributed by atoms with Gasteiger partial charge in [0.1, 0.15) is 0 Å². The van der Waals surface area contributed by atoms with Gasteiger partial charge in [0.15, 0.2) is 12.4 Å². The molecule has 0 spiro atoms. The van der Waals surface area contributed by atoms with Crippen molar-refractivity contribution in [3.05, 3.63) is 67.7 Å². The van der Waals surface area contributed by atoms with Crippen molar-refractivity contribution in [2.45, 2.75) is 18.8 Å². The summed E-state index contributed by atoms with van der Waals surface area (Å²) >= 11 is 13.5. The summed E-state index contributed by atoms with van der Waals surface area (Å²) in [5.41, 5.74) is 1.59. The first kappa shape index (κ1) is 24.7. The number of thiazole rings is 1. The Labute approximate surface area is 204 Å². The Morgan fingerprint density at radius 2 is 1.62 bits per heavy atom. The maximum Gasteiger partial charge on any atom is 0.260 e. The van der Waals surface area contributed by atoms with Crippen LogP contribution in [0.4, 0.5) is 22.0 Å². The minimum Gasteiger partial charge on any atom is -0.477 e. The van der Waals surface area contributed by atoms with Crippen molar-refractivity contribution in [3.8, 4) is 17.0 Å². The molecule has 1 saturated heterocycles. The van der Waals surface area contributed by atoms with Crippen molar-refractivity contribution in [3.63, 3.8) is 0 Å². The number of nitrogens with zero attached hydrogens (tertiary/aromatic N) is 2. The summed E-state index contributed by atoms with van der Waals surface area (Å²) in [7, 11) is 0. The Kier molecular flexibility index (Phi) is 7.30. The number of ether oxygens (including phenoxy) is 1. The highest BCUT2D eigenvalue weighted by atomic mass is 35.5. The molecule has 0 N–H and O–H groups in total. The molecule has 1 aromatic heterocycles. The molecule has 1 aliphatic rings. The molecule has 0 aliphatic carbocycles. The summed E-state index contributed by atoms with van der Waals surface area (Å²) in [6, 6.07) is 5.24. The normalized spacial score (nSPS) is 14.5. The van der Waals surface area contributed by atoms with Gasteiger partial charge in [-0.15, -0.1) is 11.3 Å². The molecule has 0 radical (unpaired) electrons. The number of piperidine rings is 1. The van der Waals surface area contributed by atoms with Crippen LogP contribution in [-0.4, -0.2) is 35.5 Å². The summed E-state index contributed by atoms with van der Waals surface area (Å²) in [4.78, 5) is 18.5. The SMILES string of the molecule is O=C(COc1c(F)c(F)c(F)c(F)c1F)N1CCC(c2nc(-c3ccc(Cl)c(Cl)c3)cs2)CC1. The van der Waals surface area contributed by atoms with Gasteiger partial charge in [-0.1, -0.05) is 29.3 Å². The van der Waals surface area contributed by atoms with Crippen molar-refractivity contribution in [1.29, 1.82) is 0 Å². The minimum absolute atomic E-state index is 0.0988. The van der Waals surface area contributed by atoms with E-state index < -0.39 is 47.3 Å². The lowest BCUT2D eigenvalue weighted by Gasteiger charge is -2.31. The summed E-state index contributed by atoms with van der Waals surface area (Å²) in [6.07, 6.45) is 1.17. The van der Waals surface area contributed by atoms with Crippen LogP contribution in [0.1, 0.15) is 23.8 Å². The average Bonchev–Trinajstić information content (AvgIpc) is 3.33. The number of hydrogen-bond donors (Lipinski definition) is 0. The lowest BCUT2D eigenvalue weighted by atomic mass is 9.97. The molecule has 4 rings (SSSR count). The number of amides is 1. The molecule has 34 heavy (non-hydrogen) atoms. The third kappa shape index (κ3) is 4.85. The third-order valence-corrected chi connectivity index (χ3v) is 7.19.